The van der Waals surface area contributed by atoms with E-state index >= 15 is 0 Å². The van der Waals surface area contributed by atoms with Crippen molar-refractivity contribution in [3.63, 3.8) is 0 Å². The summed E-state index contributed by atoms with van der Waals surface area (Å²) in [4.78, 5) is 24.5. The van der Waals surface area contributed by atoms with Crippen molar-refractivity contribution >= 4 is 11.8 Å². The largest absolute Gasteiger partial charge is 0.354 e. The van der Waals surface area contributed by atoms with Crippen LogP contribution in [0.5, 0.6) is 0 Å². The Hall–Kier alpha value is -2.63. The summed E-state index contributed by atoms with van der Waals surface area (Å²) >= 11 is 0. The molecule has 0 saturated carbocycles. The van der Waals surface area contributed by atoms with E-state index in [0.717, 1.165) is 17.8 Å². The fraction of sp³-hybridized carbons (Fsp3) is 0.389. The number of amides is 2. The molecule has 1 unspecified atom stereocenters. The molecule has 1 heterocycles. The van der Waals surface area contributed by atoms with E-state index in [2.05, 4.69) is 15.7 Å². The second-order valence-electron chi connectivity index (χ2n) is 5.78. The van der Waals surface area contributed by atoms with Crippen molar-refractivity contribution in [2.24, 2.45) is 0 Å². The Morgan fingerprint density at radius 2 is 1.88 bits per heavy atom. The second-order valence-corrected chi connectivity index (χ2v) is 5.78. The van der Waals surface area contributed by atoms with Crippen molar-refractivity contribution in [1.82, 2.24) is 20.4 Å². The number of aryl methyl sites for hydroxylation is 1. The molecule has 1 aromatic carbocycles. The lowest BCUT2D eigenvalue weighted by Gasteiger charge is -2.14. The highest BCUT2D eigenvalue weighted by Gasteiger charge is 2.22. The number of aromatic nitrogens is 2. The van der Waals surface area contributed by atoms with Gasteiger partial charge in [-0.15, -0.1) is 0 Å². The van der Waals surface area contributed by atoms with E-state index in [1.807, 2.05) is 44.2 Å². The maximum atomic E-state index is 12.6. The summed E-state index contributed by atoms with van der Waals surface area (Å²) in [5.41, 5.74) is 2.78. The van der Waals surface area contributed by atoms with Crippen molar-refractivity contribution in [2.75, 3.05) is 6.54 Å². The molecule has 1 atom stereocenters. The Kier molecular flexibility index (Phi) is 5.73. The van der Waals surface area contributed by atoms with Crippen LogP contribution in [-0.4, -0.2) is 34.2 Å². The van der Waals surface area contributed by atoms with Crippen molar-refractivity contribution in [1.29, 1.82) is 0 Å². The van der Waals surface area contributed by atoms with E-state index in [1.165, 1.54) is 0 Å². The first-order valence-electron chi connectivity index (χ1n) is 8.16. The molecular formula is C18H24N4O2. The molecule has 2 N–H and O–H groups in total. The van der Waals surface area contributed by atoms with Gasteiger partial charge < -0.3 is 10.6 Å². The molecule has 128 valence electrons. The van der Waals surface area contributed by atoms with Gasteiger partial charge in [0.25, 0.3) is 5.91 Å². The maximum Gasteiger partial charge on any atom is 0.255 e. The number of carbonyl (C=O) groups is 2. The summed E-state index contributed by atoms with van der Waals surface area (Å²) in [6.07, 6.45) is 0.856. The lowest BCUT2D eigenvalue weighted by molar-refractivity contribution is -0.122. The molecule has 2 aromatic rings. The fourth-order valence-corrected chi connectivity index (χ4v) is 2.53. The van der Waals surface area contributed by atoms with Gasteiger partial charge in [-0.25, -0.2) is 4.68 Å². The Morgan fingerprint density at radius 3 is 2.50 bits per heavy atom. The zero-order valence-corrected chi connectivity index (χ0v) is 14.6. The minimum atomic E-state index is -0.595. The van der Waals surface area contributed by atoms with Gasteiger partial charge in [-0.3, -0.25) is 9.59 Å². The zero-order valence-electron chi connectivity index (χ0n) is 14.6. The molecule has 2 amide bonds. The van der Waals surface area contributed by atoms with Crippen molar-refractivity contribution < 1.29 is 9.59 Å². The molecule has 0 bridgehead atoms. The van der Waals surface area contributed by atoms with Crippen LogP contribution in [0.1, 0.15) is 42.0 Å². The highest BCUT2D eigenvalue weighted by molar-refractivity contribution is 5.99. The Morgan fingerprint density at radius 1 is 1.21 bits per heavy atom. The molecule has 0 fully saturated rings. The molecule has 0 radical (unpaired) electrons. The number of benzene rings is 1. The molecule has 24 heavy (non-hydrogen) atoms. The number of nitrogens with zero attached hydrogens (tertiary/aromatic N) is 2. The number of para-hydroxylation sites is 1. The number of hydrogen-bond acceptors (Lipinski definition) is 3. The molecule has 2 rings (SSSR count). The minimum Gasteiger partial charge on any atom is -0.354 e. The van der Waals surface area contributed by atoms with E-state index in [0.29, 0.717) is 17.8 Å². The lowest BCUT2D eigenvalue weighted by Crippen LogP contribution is -2.45. The number of hydrogen-bond donors (Lipinski definition) is 2. The van der Waals surface area contributed by atoms with E-state index in [4.69, 9.17) is 0 Å². The molecule has 6 heteroatoms. The average Bonchev–Trinajstić information content (AvgIpc) is 2.87. The third-order valence-electron chi connectivity index (χ3n) is 3.81. The van der Waals surface area contributed by atoms with Crippen LogP contribution in [0.4, 0.5) is 0 Å². The van der Waals surface area contributed by atoms with Crippen molar-refractivity contribution in [2.45, 2.75) is 40.2 Å². The van der Waals surface area contributed by atoms with Crippen molar-refractivity contribution in [3.8, 4) is 5.69 Å². The standard InChI is InChI=1S/C18H24N4O2/c1-5-11-19-17(23)13(3)20-18(24)16-12(2)21-22(14(16)4)15-9-7-6-8-10-15/h6-10,13H,5,11H2,1-4H3,(H,19,23)(H,20,24). The highest BCUT2D eigenvalue weighted by atomic mass is 16.2. The monoisotopic (exact) mass is 328 g/mol. The van der Waals surface area contributed by atoms with Gasteiger partial charge in [0, 0.05) is 6.54 Å². The van der Waals surface area contributed by atoms with E-state index in [9.17, 15) is 9.59 Å². The van der Waals surface area contributed by atoms with Crippen LogP contribution < -0.4 is 10.6 Å². The summed E-state index contributed by atoms with van der Waals surface area (Å²) in [5, 5.41) is 9.98. The maximum absolute atomic E-state index is 12.6. The molecule has 0 spiro atoms. The normalized spacial score (nSPS) is 11.8. The third kappa shape index (κ3) is 3.82. The third-order valence-corrected chi connectivity index (χ3v) is 3.81. The van der Waals surface area contributed by atoms with E-state index in [-0.39, 0.29) is 11.8 Å². The predicted octanol–water partition coefficient (Wildman–Crippen LogP) is 2.13. The second kappa shape index (κ2) is 7.77. The summed E-state index contributed by atoms with van der Waals surface area (Å²) in [6, 6.07) is 9.05. The van der Waals surface area contributed by atoms with Gasteiger partial charge in [0.05, 0.1) is 22.6 Å². The zero-order chi connectivity index (χ0) is 17.7. The van der Waals surface area contributed by atoms with Crippen LogP contribution in [0.2, 0.25) is 0 Å². The Balaban J connectivity index is 2.19. The first-order valence-corrected chi connectivity index (χ1v) is 8.16. The number of rotatable bonds is 6. The van der Waals surface area contributed by atoms with Crippen LogP contribution in [-0.2, 0) is 4.79 Å². The first kappa shape index (κ1) is 17.7. The summed E-state index contributed by atoms with van der Waals surface area (Å²) in [6.45, 7) is 7.90. The molecule has 0 aliphatic heterocycles. The fourth-order valence-electron chi connectivity index (χ4n) is 2.53. The van der Waals surface area contributed by atoms with Gasteiger partial charge >= 0.3 is 0 Å². The summed E-state index contributed by atoms with van der Waals surface area (Å²) in [7, 11) is 0. The van der Waals surface area contributed by atoms with Crippen molar-refractivity contribution in [3.05, 3.63) is 47.3 Å². The average molecular weight is 328 g/mol. The smallest absolute Gasteiger partial charge is 0.255 e. The minimum absolute atomic E-state index is 0.184. The van der Waals surface area contributed by atoms with E-state index < -0.39 is 6.04 Å². The highest BCUT2D eigenvalue weighted by Crippen LogP contribution is 2.17. The van der Waals surface area contributed by atoms with E-state index in [1.54, 1.807) is 18.5 Å². The molecule has 6 nitrogen and oxygen atoms in total. The SMILES string of the molecule is CCCNC(=O)C(C)NC(=O)c1c(C)nn(-c2ccccc2)c1C. The van der Waals surface area contributed by atoms with Gasteiger partial charge in [-0.2, -0.15) is 5.10 Å². The van der Waals surface area contributed by atoms with Crippen LogP contribution in [0.3, 0.4) is 0 Å². The van der Waals surface area contributed by atoms with Crippen LogP contribution in [0.25, 0.3) is 5.69 Å². The Bertz CT molecular complexity index is 722. The topological polar surface area (TPSA) is 76.0 Å². The first-order chi connectivity index (χ1) is 11.5. The molecule has 0 aliphatic carbocycles. The molecule has 0 saturated heterocycles. The quantitative estimate of drug-likeness (QED) is 0.853. The summed E-state index contributed by atoms with van der Waals surface area (Å²) in [5.74, 6) is -0.470. The lowest BCUT2D eigenvalue weighted by atomic mass is 10.1. The van der Waals surface area contributed by atoms with Gasteiger partial charge in [-0.05, 0) is 39.3 Å². The molecular weight excluding hydrogens is 304 g/mol. The van der Waals surface area contributed by atoms with Crippen LogP contribution in [0, 0.1) is 13.8 Å². The Labute approximate surface area is 142 Å². The van der Waals surface area contributed by atoms with Gasteiger partial charge in [0.15, 0.2) is 0 Å². The van der Waals surface area contributed by atoms with Crippen LogP contribution in [0.15, 0.2) is 30.3 Å². The summed E-state index contributed by atoms with van der Waals surface area (Å²) < 4.78 is 1.74. The van der Waals surface area contributed by atoms with Gasteiger partial charge in [-0.1, -0.05) is 25.1 Å². The van der Waals surface area contributed by atoms with Gasteiger partial charge in [0.1, 0.15) is 6.04 Å². The molecule has 1 aromatic heterocycles. The predicted molar refractivity (Wildman–Crippen MR) is 93.3 cm³/mol. The molecule has 0 aliphatic rings. The van der Waals surface area contributed by atoms with Crippen LogP contribution >= 0.6 is 0 Å². The van der Waals surface area contributed by atoms with Gasteiger partial charge in [0.2, 0.25) is 5.91 Å². The number of carbonyl (C=O) groups excluding carboxylic acids is 2. The number of nitrogens with one attached hydrogen (secondary N) is 2.